The van der Waals surface area contributed by atoms with Gasteiger partial charge in [0.05, 0.1) is 12.3 Å². The average molecular weight is 288 g/mol. The number of anilines is 1. The van der Waals surface area contributed by atoms with Gasteiger partial charge >= 0.3 is 0 Å². The van der Waals surface area contributed by atoms with Crippen molar-refractivity contribution in [2.45, 2.75) is 24.7 Å². The molecule has 1 atom stereocenters. The molecule has 0 bridgehead atoms. The highest BCUT2D eigenvalue weighted by Crippen LogP contribution is 2.21. The molecule has 1 saturated heterocycles. The molecule has 1 aliphatic rings. The summed E-state index contributed by atoms with van der Waals surface area (Å²) < 4.78 is 33.9. The van der Waals surface area contributed by atoms with Crippen LogP contribution in [0.25, 0.3) is 0 Å². The molecule has 19 heavy (non-hydrogen) atoms. The zero-order chi connectivity index (χ0) is 14.0. The van der Waals surface area contributed by atoms with Gasteiger partial charge in [0.1, 0.15) is 4.90 Å². The normalized spacial score (nSPS) is 20.6. The van der Waals surface area contributed by atoms with Gasteiger partial charge in [-0.25, -0.2) is 13.1 Å². The minimum Gasteiger partial charge on any atom is -0.381 e. The van der Waals surface area contributed by atoms with Crippen molar-refractivity contribution in [2.24, 2.45) is 13.0 Å². The second kappa shape index (κ2) is 5.48. The lowest BCUT2D eigenvalue weighted by Crippen LogP contribution is -2.33. The molecule has 1 aliphatic heterocycles. The van der Waals surface area contributed by atoms with Crippen LogP contribution in [0, 0.1) is 12.8 Å². The molecule has 0 saturated carbocycles. The quantitative estimate of drug-likeness (QED) is 0.813. The van der Waals surface area contributed by atoms with Crippen LogP contribution in [-0.4, -0.2) is 38.0 Å². The Morgan fingerprint density at radius 1 is 1.58 bits per heavy atom. The number of ether oxygens (including phenoxy) is 1. The summed E-state index contributed by atoms with van der Waals surface area (Å²) in [5, 5.41) is 3.92. The number of nitrogen functional groups attached to an aromatic ring is 1. The van der Waals surface area contributed by atoms with Gasteiger partial charge in [0.15, 0.2) is 5.82 Å². The van der Waals surface area contributed by atoms with Crippen LogP contribution in [0.1, 0.15) is 18.5 Å². The van der Waals surface area contributed by atoms with Gasteiger partial charge in [-0.05, 0) is 25.7 Å². The first-order valence-corrected chi connectivity index (χ1v) is 7.76. The molecule has 0 aromatic carbocycles. The van der Waals surface area contributed by atoms with Crippen LogP contribution in [0.2, 0.25) is 0 Å². The van der Waals surface area contributed by atoms with Gasteiger partial charge in [-0.15, -0.1) is 0 Å². The number of aryl methyl sites for hydroxylation is 1. The third-order valence-corrected chi connectivity index (χ3v) is 4.98. The van der Waals surface area contributed by atoms with Crippen LogP contribution in [0.15, 0.2) is 4.90 Å². The van der Waals surface area contributed by atoms with Crippen LogP contribution in [0.3, 0.4) is 0 Å². The summed E-state index contributed by atoms with van der Waals surface area (Å²) in [4.78, 5) is 0.0757. The van der Waals surface area contributed by atoms with E-state index in [4.69, 9.17) is 10.5 Å². The van der Waals surface area contributed by atoms with Crippen molar-refractivity contribution in [1.29, 1.82) is 0 Å². The minimum absolute atomic E-state index is 0.0346. The molecule has 7 nitrogen and oxygen atoms in total. The molecular weight excluding hydrogens is 268 g/mol. The van der Waals surface area contributed by atoms with Crippen LogP contribution < -0.4 is 10.5 Å². The maximum Gasteiger partial charge on any atom is 0.246 e. The molecule has 2 heterocycles. The molecule has 1 fully saturated rings. The molecule has 1 aromatic heterocycles. The molecule has 0 radical (unpaired) electrons. The van der Waals surface area contributed by atoms with Crippen molar-refractivity contribution < 1.29 is 13.2 Å². The van der Waals surface area contributed by atoms with E-state index >= 15 is 0 Å². The molecule has 8 heteroatoms. The summed E-state index contributed by atoms with van der Waals surface area (Å²) in [5.41, 5.74) is 6.19. The van der Waals surface area contributed by atoms with E-state index in [1.165, 1.54) is 4.68 Å². The molecule has 0 spiro atoms. The number of hydrogen-bond acceptors (Lipinski definition) is 5. The van der Waals surface area contributed by atoms with Crippen molar-refractivity contribution in [2.75, 3.05) is 25.5 Å². The number of rotatable bonds is 4. The van der Waals surface area contributed by atoms with Crippen LogP contribution >= 0.6 is 0 Å². The van der Waals surface area contributed by atoms with E-state index < -0.39 is 10.0 Å². The number of nitrogens with two attached hydrogens (primary N) is 1. The Bertz CT molecular complexity index is 547. The molecule has 3 N–H and O–H groups in total. The molecule has 1 aromatic rings. The topological polar surface area (TPSA) is 99.2 Å². The Kier molecular flexibility index (Phi) is 4.12. The van der Waals surface area contributed by atoms with Gasteiger partial charge in [0.25, 0.3) is 0 Å². The van der Waals surface area contributed by atoms with E-state index in [1.54, 1.807) is 14.0 Å². The van der Waals surface area contributed by atoms with E-state index in [-0.39, 0.29) is 16.6 Å². The van der Waals surface area contributed by atoms with Crippen LogP contribution in [0.4, 0.5) is 5.82 Å². The van der Waals surface area contributed by atoms with Crippen molar-refractivity contribution >= 4 is 15.8 Å². The number of hydrogen-bond donors (Lipinski definition) is 2. The maximum absolute atomic E-state index is 12.2. The number of nitrogens with zero attached hydrogens (tertiary/aromatic N) is 2. The highest BCUT2D eigenvalue weighted by molar-refractivity contribution is 7.89. The van der Waals surface area contributed by atoms with E-state index in [0.717, 1.165) is 19.4 Å². The smallest absolute Gasteiger partial charge is 0.246 e. The van der Waals surface area contributed by atoms with Gasteiger partial charge < -0.3 is 10.5 Å². The second-order valence-corrected chi connectivity index (χ2v) is 6.56. The summed E-state index contributed by atoms with van der Waals surface area (Å²) in [5.74, 6) is 0.258. The monoisotopic (exact) mass is 288 g/mol. The summed E-state index contributed by atoms with van der Waals surface area (Å²) >= 11 is 0. The zero-order valence-corrected chi connectivity index (χ0v) is 12.0. The fourth-order valence-corrected chi connectivity index (χ4v) is 3.65. The summed E-state index contributed by atoms with van der Waals surface area (Å²) in [7, 11) is -1.95. The first kappa shape index (κ1) is 14.3. The first-order chi connectivity index (χ1) is 8.92. The SMILES string of the molecule is Cc1c(S(=O)(=O)NCC2CCCOC2)c(N)nn1C. The predicted octanol–water partition coefficient (Wildman–Crippen LogP) is 0.0156. The van der Waals surface area contributed by atoms with Gasteiger partial charge in [-0.1, -0.05) is 0 Å². The first-order valence-electron chi connectivity index (χ1n) is 6.28. The summed E-state index contributed by atoms with van der Waals surface area (Å²) in [6.07, 6.45) is 1.95. The van der Waals surface area contributed by atoms with Crippen molar-refractivity contribution in [1.82, 2.24) is 14.5 Å². The lowest BCUT2D eigenvalue weighted by Gasteiger charge is -2.22. The maximum atomic E-state index is 12.2. The summed E-state index contributed by atoms with van der Waals surface area (Å²) in [6, 6.07) is 0. The van der Waals surface area contributed by atoms with Gasteiger partial charge in [-0.3, -0.25) is 4.68 Å². The van der Waals surface area contributed by atoms with E-state index in [0.29, 0.717) is 18.8 Å². The zero-order valence-electron chi connectivity index (χ0n) is 11.2. The lowest BCUT2D eigenvalue weighted by molar-refractivity contribution is 0.0568. The number of nitrogens with one attached hydrogen (secondary N) is 1. The molecule has 0 amide bonds. The molecular formula is C11H20N4O3S. The van der Waals surface area contributed by atoms with E-state index in [9.17, 15) is 8.42 Å². The molecule has 1 unspecified atom stereocenters. The fraction of sp³-hybridized carbons (Fsp3) is 0.727. The third-order valence-electron chi connectivity index (χ3n) is 3.39. The second-order valence-electron chi connectivity index (χ2n) is 4.86. The van der Waals surface area contributed by atoms with Crippen LogP contribution in [-0.2, 0) is 21.8 Å². The van der Waals surface area contributed by atoms with Crippen LogP contribution in [0.5, 0.6) is 0 Å². The summed E-state index contributed by atoms with van der Waals surface area (Å²) in [6.45, 7) is 3.42. The Labute approximate surface area is 113 Å². The average Bonchev–Trinajstić information content (AvgIpc) is 2.63. The van der Waals surface area contributed by atoms with Crippen molar-refractivity contribution in [3.8, 4) is 0 Å². The standard InChI is InChI=1S/C11H20N4O3S/c1-8-10(11(12)14-15(8)2)19(16,17)13-6-9-4-3-5-18-7-9/h9,13H,3-7H2,1-2H3,(H2,12,14). The minimum atomic E-state index is -3.61. The number of sulfonamides is 1. The fourth-order valence-electron chi connectivity index (χ4n) is 2.21. The van der Waals surface area contributed by atoms with Crippen molar-refractivity contribution in [3.05, 3.63) is 5.69 Å². The number of aromatic nitrogens is 2. The van der Waals surface area contributed by atoms with Gasteiger partial charge in [0.2, 0.25) is 10.0 Å². The Balaban J connectivity index is 2.09. The largest absolute Gasteiger partial charge is 0.381 e. The van der Waals surface area contributed by atoms with E-state index in [1.807, 2.05) is 0 Å². The highest BCUT2D eigenvalue weighted by atomic mass is 32.2. The van der Waals surface area contributed by atoms with Crippen molar-refractivity contribution in [3.63, 3.8) is 0 Å². The predicted molar refractivity (Wildman–Crippen MR) is 71.1 cm³/mol. The van der Waals surface area contributed by atoms with Gasteiger partial charge in [0, 0.05) is 20.2 Å². The third kappa shape index (κ3) is 3.07. The Morgan fingerprint density at radius 2 is 2.32 bits per heavy atom. The highest BCUT2D eigenvalue weighted by Gasteiger charge is 2.25. The molecule has 2 rings (SSSR count). The Morgan fingerprint density at radius 3 is 2.84 bits per heavy atom. The molecule has 108 valence electrons. The van der Waals surface area contributed by atoms with E-state index in [2.05, 4.69) is 9.82 Å². The van der Waals surface area contributed by atoms with Gasteiger partial charge in [-0.2, -0.15) is 5.10 Å². The Hall–Kier alpha value is -1.12. The molecule has 0 aliphatic carbocycles. The lowest BCUT2D eigenvalue weighted by atomic mass is 10.0.